The molecule has 0 fully saturated rings. The first kappa shape index (κ1) is 17.1. The van der Waals surface area contributed by atoms with Gasteiger partial charge in [0.05, 0.1) is 0 Å². The summed E-state index contributed by atoms with van der Waals surface area (Å²) >= 11 is 0. The lowest BCUT2D eigenvalue weighted by molar-refractivity contribution is -0.136. The van der Waals surface area contributed by atoms with Crippen LogP contribution in [0, 0.1) is 11.7 Å². The summed E-state index contributed by atoms with van der Waals surface area (Å²) in [7, 11) is 0. The molecule has 1 rings (SSSR count). The van der Waals surface area contributed by atoms with Gasteiger partial charge in [-0.2, -0.15) is 0 Å². The Kier molecular flexibility index (Phi) is 7.43. The maximum Gasteiger partial charge on any atom is 0.313 e. The molecule has 0 aliphatic carbocycles. The van der Waals surface area contributed by atoms with E-state index >= 15 is 0 Å². The van der Waals surface area contributed by atoms with Gasteiger partial charge in [0.1, 0.15) is 5.82 Å². The molecule has 0 bridgehead atoms. The minimum atomic E-state index is -0.772. The van der Waals surface area contributed by atoms with Crippen molar-refractivity contribution in [3.8, 4) is 0 Å². The van der Waals surface area contributed by atoms with Gasteiger partial charge in [-0.25, -0.2) is 4.39 Å². The predicted octanol–water partition coefficient (Wildman–Crippen LogP) is 3.10. The van der Waals surface area contributed by atoms with E-state index in [0.717, 1.165) is 25.7 Å². The van der Waals surface area contributed by atoms with E-state index in [0.29, 0.717) is 12.5 Å². The lowest BCUT2D eigenvalue weighted by Crippen LogP contribution is -2.38. The second kappa shape index (κ2) is 9.10. The Balaban J connectivity index is 2.42. The highest BCUT2D eigenvalue weighted by atomic mass is 19.1. The number of rotatable bonds is 7. The van der Waals surface area contributed by atoms with Crippen LogP contribution in [0.2, 0.25) is 0 Å². The summed E-state index contributed by atoms with van der Waals surface area (Å²) in [6, 6.07) is 5.45. The highest BCUT2D eigenvalue weighted by Crippen LogP contribution is 2.11. The van der Waals surface area contributed by atoms with Crippen molar-refractivity contribution in [3.63, 3.8) is 0 Å². The minimum Gasteiger partial charge on any atom is -0.348 e. The third-order valence-electron chi connectivity index (χ3n) is 3.38. The number of nitrogens with one attached hydrogen (secondary N) is 2. The van der Waals surface area contributed by atoms with E-state index in [-0.39, 0.29) is 5.69 Å². The van der Waals surface area contributed by atoms with Gasteiger partial charge in [-0.3, -0.25) is 9.59 Å². The third-order valence-corrected chi connectivity index (χ3v) is 3.38. The standard InChI is InChI=1S/C16H23FN2O2/c1-3-5-7-12(4-2)11-18-15(20)16(21)19-14-9-6-8-13(17)10-14/h6,8-10,12H,3-5,7,11H2,1-2H3,(H,18,20)(H,19,21). The zero-order valence-electron chi connectivity index (χ0n) is 12.6. The van der Waals surface area contributed by atoms with Crippen molar-refractivity contribution in [2.45, 2.75) is 39.5 Å². The Bertz CT molecular complexity index is 477. The van der Waals surface area contributed by atoms with Gasteiger partial charge in [0.25, 0.3) is 0 Å². The molecule has 0 spiro atoms. The maximum atomic E-state index is 13.0. The molecule has 2 amide bonds. The summed E-state index contributed by atoms with van der Waals surface area (Å²) < 4.78 is 13.0. The van der Waals surface area contributed by atoms with Gasteiger partial charge in [0.2, 0.25) is 0 Å². The summed E-state index contributed by atoms with van der Waals surface area (Å²) in [5.41, 5.74) is 0.271. The molecule has 0 saturated heterocycles. The number of unbranched alkanes of at least 4 members (excludes halogenated alkanes) is 1. The largest absolute Gasteiger partial charge is 0.348 e. The Labute approximate surface area is 125 Å². The molecule has 5 heteroatoms. The Morgan fingerprint density at radius 2 is 2.00 bits per heavy atom. The SMILES string of the molecule is CCCCC(CC)CNC(=O)C(=O)Nc1cccc(F)c1. The quantitative estimate of drug-likeness (QED) is 0.759. The number of carbonyl (C=O) groups is 2. The van der Waals surface area contributed by atoms with Gasteiger partial charge in [-0.1, -0.05) is 39.2 Å². The molecular formula is C16H23FN2O2. The molecule has 1 unspecified atom stereocenters. The molecule has 1 atom stereocenters. The van der Waals surface area contributed by atoms with Crippen LogP contribution in [0.3, 0.4) is 0 Å². The van der Waals surface area contributed by atoms with Crippen molar-refractivity contribution in [2.75, 3.05) is 11.9 Å². The van der Waals surface area contributed by atoms with Crippen LogP contribution in [0.4, 0.5) is 10.1 Å². The van der Waals surface area contributed by atoms with E-state index in [1.165, 1.54) is 24.3 Å². The van der Waals surface area contributed by atoms with E-state index < -0.39 is 17.6 Å². The number of hydrogen-bond donors (Lipinski definition) is 2. The van der Waals surface area contributed by atoms with Gasteiger partial charge in [0, 0.05) is 12.2 Å². The van der Waals surface area contributed by atoms with Crippen LogP contribution in [0.15, 0.2) is 24.3 Å². The molecule has 0 aliphatic rings. The molecule has 0 saturated carbocycles. The normalized spacial score (nSPS) is 11.8. The van der Waals surface area contributed by atoms with Crippen LogP contribution >= 0.6 is 0 Å². The molecule has 1 aromatic carbocycles. The summed E-state index contributed by atoms with van der Waals surface area (Å²) in [6.07, 6.45) is 4.24. The van der Waals surface area contributed by atoms with Crippen LogP contribution in [-0.2, 0) is 9.59 Å². The molecule has 0 aliphatic heterocycles. The van der Waals surface area contributed by atoms with Crippen molar-refractivity contribution < 1.29 is 14.0 Å². The second-order valence-corrected chi connectivity index (χ2v) is 5.09. The fraction of sp³-hybridized carbons (Fsp3) is 0.500. The smallest absolute Gasteiger partial charge is 0.313 e. The van der Waals surface area contributed by atoms with Gasteiger partial charge < -0.3 is 10.6 Å². The predicted molar refractivity (Wildman–Crippen MR) is 81.3 cm³/mol. The van der Waals surface area contributed by atoms with Gasteiger partial charge in [0.15, 0.2) is 0 Å². The molecule has 0 heterocycles. The number of benzene rings is 1. The van der Waals surface area contributed by atoms with E-state index in [2.05, 4.69) is 24.5 Å². The summed E-state index contributed by atoms with van der Waals surface area (Å²) in [4.78, 5) is 23.4. The lowest BCUT2D eigenvalue weighted by Gasteiger charge is -2.15. The summed E-state index contributed by atoms with van der Waals surface area (Å²) in [5, 5.41) is 5.01. The first-order valence-corrected chi connectivity index (χ1v) is 7.41. The number of anilines is 1. The molecule has 21 heavy (non-hydrogen) atoms. The van der Waals surface area contributed by atoms with Gasteiger partial charge in [-0.15, -0.1) is 0 Å². The van der Waals surface area contributed by atoms with Crippen molar-refractivity contribution in [1.29, 1.82) is 0 Å². The summed E-state index contributed by atoms with van der Waals surface area (Å²) in [6.45, 7) is 4.68. The van der Waals surface area contributed by atoms with Crippen molar-refractivity contribution in [1.82, 2.24) is 5.32 Å². The Morgan fingerprint density at radius 1 is 1.24 bits per heavy atom. The first-order valence-electron chi connectivity index (χ1n) is 7.41. The minimum absolute atomic E-state index is 0.271. The lowest BCUT2D eigenvalue weighted by atomic mass is 9.99. The van der Waals surface area contributed by atoms with E-state index in [1.807, 2.05) is 0 Å². The molecule has 0 radical (unpaired) electrons. The Morgan fingerprint density at radius 3 is 2.62 bits per heavy atom. The highest BCUT2D eigenvalue weighted by Gasteiger charge is 2.15. The van der Waals surface area contributed by atoms with Crippen LogP contribution in [0.1, 0.15) is 39.5 Å². The molecule has 0 aromatic heterocycles. The van der Waals surface area contributed by atoms with Crippen molar-refractivity contribution >= 4 is 17.5 Å². The average Bonchev–Trinajstić information content (AvgIpc) is 2.47. The van der Waals surface area contributed by atoms with Crippen molar-refractivity contribution in [2.24, 2.45) is 5.92 Å². The molecule has 116 valence electrons. The second-order valence-electron chi connectivity index (χ2n) is 5.09. The molecule has 2 N–H and O–H groups in total. The molecule has 4 nitrogen and oxygen atoms in total. The first-order chi connectivity index (χ1) is 10.1. The van der Waals surface area contributed by atoms with E-state index in [4.69, 9.17) is 0 Å². The summed E-state index contributed by atoms with van der Waals surface area (Å²) in [5.74, 6) is -1.53. The zero-order chi connectivity index (χ0) is 15.7. The van der Waals surface area contributed by atoms with Crippen LogP contribution < -0.4 is 10.6 Å². The molecular weight excluding hydrogens is 271 g/mol. The Hall–Kier alpha value is -1.91. The monoisotopic (exact) mass is 294 g/mol. The van der Waals surface area contributed by atoms with Crippen LogP contribution in [0.5, 0.6) is 0 Å². The number of carbonyl (C=O) groups excluding carboxylic acids is 2. The van der Waals surface area contributed by atoms with Crippen molar-refractivity contribution in [3.05, 3.63) is 30.1 Å². The third kappa shape index (κ3) is 6.38. The zero-order valence-corrected chi connectivity index (χ0v) is 12.6. The fourth-order valence-electron chi connectivity index (χ4n) is 2.01. The number of hydrogen-bond acceptors (Lipinski definition) is 2. The van der Waals surface area contributed by atoms with E-state index in [1.54, 1.807) is 0 Å². The fourth-order valence-corrected chi connectivity index (χ4v) is 2.01. The van der Waals surface area contributed by atoms with E-state index in [9.17, 15) is 14.0 Å². The highest BCUT2D eigenvalue weighted by molar-refractivity contribution is 6.39. The topological polar surface area (TPSA) is 58.2 Å². The van der Waals surface area contributed by atoms with Crippen LogP contribution in [0.25, 0.3) is 0 Å². The number of halogens is 1. The molecule has 1 aromatic rings. The van der Waals surface area contributed by atoms with Gasteiger partial charge in [-0.05, 0) is 30.5 Å². The van der Waals surface area contributed by atoms with Crippen LogP contribution in [-0.4, -0.2) is 18.4 Å². The number of amides is 2. The maximum absolute atomic E-state index is 13.0. The average molecular weight is 294 g/mol. The van der Waals surface area contributed by atoms with Gasteiger partial charge >= 0.3 is 11.8 Å².